The van der Waals surface area contributed by atoms with Crippen LogP contribution in [0.2, 0.25) is 0 Å². The van der Waals surface area contributed by atoms with Crippen molar-refractivity contribution in [3.63, 3.8) is 0 Å². The zero-order valence-corrected chi connectivity index (χ0v) is 15.1. The van der Waals surface area contributed by atoms with Crippen molar-refractivity contribution in [2.24, 2.45) is 0 Å². The number of rotatable bonds is 13. The van der Waals surface area contributed by atoms with E-state index >= 15 is 0 Å². The molecule has 0 spiro atoms. The third-order valence-electron chi connectivity index (χ3n) is 4.28. The number of carbonyl (C=O) groups is 1. The van der Waals surface area contributed by atoms with Gasteiger partial charge in [-0.15, -0.1) is 0 Å². The second-order valence-electron chi connectivity index (χ2n) is 6.37. The molecule has 0 bridgehead atoms. The van der Waals surface area contributed by atoms with Crippen LogP contribution in [0.3, 0.4) is 0 Å². The van der Waals surface area contributed by atoms with Crippen LogP contribution in [0.1, 0.15) is 90.0 Å². The Morgan fingerprint density at radius 1 is 0.826 bits per heavy atom. The molecule has 1 aromatic rings. The molecule has 0 amide bonds. The van der Waals surface area contributed by atoms with E-state index in [1.807, 2.05) is 25.1 Å². The van der Waals surface area contributed by atoms with Crippen LogP contribution in [-0.2, 0) is 11.2 Å². The Kier molecular flexibility index (Phi) is 11.3. The van der Waals surface area contributed by atoms with Crippen molar-refractivity contribution < 1.29 is 9.53 Å². The van der Waals surface area contributed by atoms with Crippen molar-refractivity contribution in [2.45, 2.75) is 90.9 Å². The molecule has 0 aliphatic heterocycles. The van der Waals surface area contributed by atoms with Crippen molar-refractivity contribution in [3.05, 3.63) is 29.8 Å². The number of unbranched alkanes of at least 4 members (excludes halogenated alkanes) is 9. The maximum atomic E-state index is 11.5. The van der Waals surface area contributed by atoms with Crippen molar-refractivity contribution in [2.75, 3.05) is 0 Å². The summed E-state index contributed by atoms with van der Waals surface area (Å²) in [4.78, 5) is 11.5. The molecule has 130 valence electrons. The third-order valence-corrected chi connectivity index (χ3v) is 4.28. The zero-order chi connectivity index (χ0) is 16.8. The van der Waals surface area contributed by atoms with Crippen LogP contribution in [0.15, 0.2) is 24.3 Å². The van der Waals surface area contributed by atoms with Crippen LogP contribution in [0.25, 0.3) is 0 Å². The molecule has 0 fully saturated rings. The highest BCUT2D eigenvalue weighted by Crippen LogP contribution is 2.21. The molecule has 0 aliphatic carbocycles. The lowest BCUT2D eigenvalue weighted by molar-refractivity contribution is -0.134. The number of ether oxygens (including phenoxy) is 1. The van der Waals surface area contributed by atoms with Crippen LogP contribution in [0.5, 0.6) is 5.75 Å². The predicted octanol–water partition coefficient (Wildman–Crippen LogP) is 6.47. The van der Waals surface area contributed by atoms with E-state index in [2.05, 4.69) is 13.0 Å². The summed E-state index contributed by atoms with van der Waals surface area (Å²) in [6.45, 7) is 4.09. The third kappa shape index (κ3) is 9.43. The zero-order valence-electron chi connectivity index (χ0n) is 15.1. The summed E-state index contributed by atoms with van der Waals surface area (Å²) in [5, 5.41) is 0. The average molecular weight is 319 g/mol. The number of carbonyl (C=O) groups excluding carboxylic acids is 1. The van der Waals surface area contributed by atoms with Crippen molar-refractivity contribution in [3.8, 4) is 5.75 Å². The largest absolute Gasteiger partial charge is 0.426 e. The normalized spacial score (nSPS) is 10.7. The number of hydrogen-bond donors (Lipinski definition) is 0. The van der Waals surface area contributed by atoms with E-state index in [1.165, 1.54) is 64.2 Å². The van der Waals surface area contributed by atoms with Crippen LogP contribution >= 0.6 is 0 Å². The van der Waals surface area contributed by atoms with Gasteiger partial charge < -0.3 is 4.74 Å². The van der Waals surface area contributed by atoms with Crippen LogP contribution in [0, 0.1) is 0 Å². The van der Waals surface area contributed by atoms with E-state index in [0.29, 0.717) is 6.42 Å². The highest BCUT2D eigenvalue weighted by Gasteiger charge is 2.06. The van der Waals surface area contributed by atoms with E-state index in [-0.39, 0.29) is 5.97 Å². The van der Waals surface area contributed by atoms with Gasteiger partial charge >= 0.3 is 5.97 Å². The second-order valence-corrected chi connectivity index (χ2v) is 6.37. The Bertz CT molecular complexity index is 426. The van der Waals surface area contributed by atoms with Gasteiger partial charge in [0.1, 0.15) is 5.75 Å². The number of para-hydroxylation sites is 1. The minimum atomic E-state index is -0.152. The smallest absolute Gasteiger partial charge is 0.310 e. The summed E-state index contributed by atoms with van der Waals surface area (Å²) < 4.78 is 5.40. The van der Waals surface area contributed by atoms with Gasteiger partial charge in [-0.25, -0.2) is 0 Å². The van der Waals surface area contributed by atoms with Crippen molar-refractivity contribution >= 4 is 5.97 Å². The summed E-state index contributed by atoms with van der Waals surface area (Å²) in [6, 6.07) is 7.93. The Hall–Kier alpha value is -1.31. The van der Waals surface area contributed by atoms with Gasteiger partial charge in [0.25, 0.3) is 0 Å². The first-order valence-corrected chi connectivity index (χ1v) is 9.56. The van der Waals surface area contributed by atoms with Gasteiger partial charge in [-0.3, -0.25) is 4.79 Å². The number of benzene rings is 1. The van der Waals surface area contributed by atoms with Gasteiger partial charge in [-0.1, -0.05) is 89.8 Å². The molecular weight excluding hydrogens is 284 g/mol. The molecule has 1 rings (SSSR count). The molecule has 0 radical (unpaired) electrons. The highest BCUT2D eigenvalue weighted by atomic mass is 16.5. The Balaban J connectivity index is 2.13. The van der Waals surface area contributed by atoms with Crippen LogP contribution < -0.4 is 4.74 Å². The topological polar surface area (TPSA) is 26.3 Å². The maximum Gasteiger partial charge on any atom is 0.310 e. The summed E-state index contributed by atoms with van der Waals surface area (Å²) >= 11 is 0. The maximum absolute atomic E-state index is 11.5. The highest BCUT2D eigenvalue weighted by molar-refractivity contribution is 5.72. The van der Waals surface area contributed by atoms with Crippen LogP contribution in [0.4, 0.5) is 0 Å². The summed E-state index contributed by atoms with van der Waals surface area (Å²) in [5.74, 6) is 0.593. The molecule has 0 saturated carbocycles. The lowest BCUT2D eigenvalue weighted by Crippen LogP contribution is -2.07. The van der Waals surface area contributed by atoms with Gasteiger partial charge in [0.05, 0.1) is 0 Å². The van der Waals surface area contributed by atoms with E-state index < -0.39 is 0 Å². The fourth-order valence-electron chi connectivity index (χ4n) is 2.81. The summed E-state index contributed by atoms with van der Waals surface area (Å²) in [7, 11) is 0. The molecule has 0 N–H and O–H groups in total. The van der Waals surface area contributed by atoms with E-state index in [1.54, 1.807) is 0 Å². The SMILES string of the molecule is CCCCCCCCCCCCc1ccccc1OC(=O)CC. The lowest BCUT2D eigenvalue weighted by Gasteiger charge is -2.09. The summed E-state index contributed by atoms with van der Waals surface area (Å²) in [6.07, 6.45) is 14.9. The molecule has 23 heavy (non-hydrogen) atoms. The quantitative estimate of drug-likeness (QED) is 0.237. The lowest BCUT2D eigenvalue weighted by atomic mass is 10.0. The van der Waals surface area contributed by atoms with Gasteiger partial charge in [0.15, 0.2) is 0 Å². The molecule has 1 aromatic carbocycles. The molecule has 0 unspecified atom stereocenters. The summed E-state index contributed by atoms with van der Waals surface area (Å²) in [5.41, 5.74) is 1.16. The van der Waals surface area contributed by atoms with Crippen molar-refractivity contribution in [1.29, 1.82) is 0 Å². The van der Waals surface area contributed by atoms with E-state index in [4.69, 9.17) is 4.74 Å². The molecule has 0 heterocycles. The Morgan fingerprint density at radius 3 is 2.00 bits per heavy atom. The molecule has 0 aromatic heterocycles. The van der Waals surface area contributed by atoms with Gasteiger partial charge in [-0.05, 0) is 24.5 Å². The molecule has 0 saturated heterocycles. The fourth-order valence-corrected chi connectivity index (χ4v) is 2.81. The molecule has 0 atom stereocenters. The average Bonchev–Trinajstić information content (AvgIpc) is 2.57. The number of hydrogen-bond acceptors (Lipinski definition) is 2. The van der Waals surface area contributed by atoms with E-state index in [9.17, 15) is 4.79 Å². The molecule has 0 aliphatic rings. The monoisotopic (exact) mass is 318 g/mol. The minimum absolute atomic E-state index is 0.152. The molecule has 2 nitrogen and oxygen atoms in total. The van der Waals surface area contributed by atoms with Gasteiger partial charge in [-0.2, -0.15) is 0 Å². The second kappa shape index (κ2) is 13.2. The minimum Gasteiger partial charge on any atom is -0.426 e. The Morgan fingerprint density at radius 2 is 1.39 bits per heavy atom. The first kappa shape index (κ1) is 19.7. The number of esters is 1. The van der Waals surface area contributed by atoms with Gasteiger partial charge in [0.2, 0.25) is 0 Å². The first-order chi connectivity index (χ1) is 11.3. The Labute approximate surface area is 142 Å². The van der Waals surface area contributed by atoms with Crippen LogP contribution in [-0.4, -0.2) is 5.97 Å². The predicted molar refractivity (Wildman–Crippen MR) is 97.9 cm³/mol. The fraction of sp³-hybridized carbons (Fsp3) is 0.667. The molecule has 2 heteroatoms. The van der Waals surface area contributed by atoms with E-state index in [0.717, 1.165) is 17.7 Å². The number of aryl methyl sites for hydroxylation is 1. The molecular formula is C21H34O2. The van der Waals surface area contributed by atoms with Crippen molar-refractivity contribution in [1.82, 2.24) is 0 Å². The first-order valence-electron chi connectivity index (χ1n) is 9.56. The standard InChI is InChI=1S/C21H34O2/c1-3-5-6-7-8-9-10-11-12-13-16-19-17-14-15-18-20(19)23-21(22)4-2/h14-15,17-18H,3-13,16H2,1-2H3. The van der Waals surface area contributed by atoms with Gasteiger partial charge in [0, 0.05) is 6.42 Å².